The molecule has 0 bridgehead atoms. The van der Waals surface area contributed by atoms with Crippen LogP contribution in [-0.2, 0) is 0 Å². The SMILES string of the molecule is Cc1ccc2c(c1)c1ccc(C3=CC4c5ccccc5N(c5ccccc5)C4C=C3)cc1n2-c1ccc(-c2ccc3oc4ccccc4c3c2)cc1. The molecule has 0 fully saturated rings. The molecule has 0 amide bonds. The maximum Gasteiger partial charge on any atom is 0.135 e. The minimum atomic E-state index is 0.244. The fourth-order valence-corrected chi connectivity index (χ4v) is 8.73. The van der Waals surface area contributed by atoms with Crippen LogP contribution in [0.15, 0.2) is 180 Å². The number of nitrogens with zero attached hydrogens (tertiary/aromatic N) is 2. The van der Waals surface area contributed by atoms with E-state index in [1.165, 1.54) is 66.6 Å². The molecule has 0 spiro atoms. The van der Waals surface area contributed by atoms with Crippen molar-refractivity contribution in [2.75, 3.05) is 4.90 Å². The van der Waals surface area contributed by atoms with Gasteiger partial charge in [-0.1, -0.05) is 115 Å². The summed E-state index contributed by atoms with van der Waals surface area (Å²) < 4.78 is 8.53. The van der Waals surface area contributed by atoms with Crippen molar-refractivity contribution in [1.82, 2.24) is 4.57 Å². The van der Waals surface area contributed by atoms with Crippen molar-refractivity contribution in [1.29, 1.82) is 0 Å². The van der Waals surface area contributed by atoms with Crippen LogP contribution in [0, 0.1) is 6.92 Å². The third kappa shape index (κ3) is 4.39. The minimum Gasteiger partial charge on any atom is -0.456 e. The van der Waals surface area contributed by atoms with E-state index in [-0.39, 0.29) is 12.0 Å². The molecule has 0 N–H and O–H groups in total. The monoisotopic (exact) mass is 666 g/mol. The number of allylic oxidation sites excluding steroid dienone is 2. The van der Waals surface area contributed by atoms with Gasteiger partial charge in [-0.15, -0.1) is 0 Å². The number of rotatable bonds is 4. The predicted octanol–water partition coefficient (Wildman–Crippen LogP) is 12.9. The molecule has 2 aromatic heterocycles. The van der Waals surface area contributed by atoms with E-state index in [2.05, 4.69) is 180 Å². The Morgan fingerprint density at radius 1 is 0.519 bits per heavy atom. The highest BCUT2D eigenvalue weighted by Crippen LogP contribution is 2.49. The van der Waals surface area contributed by atoms with Crippen molar-refractivity contribution in [3.63, 3.8) is 0 Å². The van der Waals surface area contributed by atoms with Gasteiger partial charge in [-0.2, -0.15) is 0 Å². The summed E-state index contributed by atoms with van der Waals surface area (Å²) in [4.78, 5) is 2.49. The molecular formula is C49H34N2O. The second kappa shape index (κ2) is 11.2. The van der Waals surface area contributed by atoms with Gasteiger partial charge in [0.1, 0.15) is 11.2 Å². The van der Waals surface area contributed by atoms with Crippen LogP contribution in [0.5, 0.6) is 0 Å². The number of anilines is 2. The summed E-state index contributed by atoms with van der Waals surface area (Å²) in [6.45, 7) is 2.18. The maximum atomic E-state index is 6.10. The lowest BCUT2D eigenvalue weighted by Gasteiger charge is -2.29. The second-order valence-electron chi connectivity index (χ2n) is 14.2. The van der Waals surface area contributed by atoms with Crippen LogP contribution >= 0.6 is 0 Å². The van der Waals surface area contributed by atoms with Crippen molar-refractivity contribution in [3.05, 3.63) is 193 Å². The average Bonchev–Trinajstić information content (AvgIpc) is 3.85. The molecule has 3 nitrogen and oxygen atoms in total. The van der Waals surface area contributed by atoms with Gasteiger partial charge in [0.25, 0.3) is 0 Å². The van der Waals surface area contributed by atoms with Crippen molar-refractivity contribution in [2.45, 2.75) is 18.9 Å². The fourth-order valence-electron chi connectivity index (χ4n) is 8.73. The highest BCUT2D eigenvalue weighted by Gasteiger charge is 2.38. The third-order valence-corrected chi connectivity index (χ3v) is 11.2. The fraction of sp³-hybridized carbons (Fsp3) is 0.0612. The average molecular weight is 667 g/mol. The van der Waals surface area contributed by atoms with Crippen LogP contribution in [-0.4, -0.2) is 10.6 Å². The van der Waals surface area contributed by atoms with E-state index >= 15 is 0 Å². The third-order valence-electron chi connectivity index (χ3n) is 11.2. The van der Waals surface area contributed by atoms with Crippen molar-refractivity contribution in [2.24, 2.45) is 0 Å². The van der Waals surface area contributed by atoms with E-state index < -0.39 is 0 Å². The molecule has 3 heterocycles. The molecule has 2 aliphatic rings. The number of hydrogen-bond acceptors (Lipinski definition) is 2. The van der Waals surface area contributed by atoms with E-state index in [1.54, 1.807) is 0 Å². The molecule has 11 rings (SSSR count). The molecule has 0 saturated carbocycles. The Morgan fingerprint density at radius 2 is 1.29 bits per heavy atom. The summed E-state index contributed by atoms with van der Waals surface area (Å²) in [5, 5.41) is 4.84. The Kier molecular flexibility index (Phi) is 6.29. The van der Waals surface area contributed by atoms with Gasteiger partial charge in [-0.05, 0) is 101 Å². The van der Waals surface area contributed by atoms with Gasteiger partial charge in [-0.25, -0.2) is 0 Å². The van der Waals surface area contributed by atoms with Crippen LogP contribution < -0.4 is 4.90 Å². The lowest BCUT2D eigenvalue weighted by atomic mass is 9.86. The van der Waals surface area contributed by atoms with Gasteiger partial charge in [0.15, 0.2) is 0 Å². The first-order valence-electron chi connectivity index (χ1n) is 18.1. The molecule has 9 aromatic rings. The summed E-state index contributed by atoms with van der Waals surface area (Å²) in [7, 11) is 0. The first-order chi connectivity index (χ1) is 25.7. The van der Waals surface area contributed by atoms with Gasteiger partial charge in [0.05, 0.1) is 17.1 Å². The van der Waals surface area contributed by atoms with Crippen molar-refractivity contribution < 1.29 is 4.42 Å². The number of hydrogen-bond donors (Lipinski definition) is 0. The Balaban J connectivity index is 1.01. The first kappa shape index (κ1) is 29.2. The largest absolute Gasteiger partial charge is 0.456 e. The maximum absolute atomic E-state index is 6.10. The molecule has 0 radical (unpaired) electrons. The summed E-state index contributed by atoms with van der Waals surface area (Å²) in [6, 6.07) is 57.5. The molecule has 7 aromatic carbocycles. The Labute approximate surface area is 302 Å². The van der Waals surface area contributed by atoms with E-state index in [9.17, 15) is 0 Å². The van der Waals surface area contributed by atoms with Crippen LogP contribution in [0.1, 0.15) is 22.6 Å². The second-order valence-corrected chi connectivity index (χ2v) is 14.2. The summed E-state index contributed by atoms with van der Waals surface area (Å²) in [6.07, 6.45) is 7.22. The summed E-state index contributed by atoms with van der Waals surface area (Å²) in [5.74, 6) is 0.271. The number of aromatic nitrogens is 1. The van der Waals surface area contributed by atoms with Crippen LogP contribution in [0.3, 0.4) is 0 Å². The van der Waals surface area contributed by atoms with Gasteiger partial charge < -0.3 is 13.9 Å². The molecule has 3 heteroatoms. The van der Waals surface area contributed by atoms with Gasteiger partial charge in [0.2, 0.25) is 0 Å². The normalized spacial score (nSPS) is 16.6. The quantitative estimate of drug-likeness (QED) is 0.186. The van der Waals surface area contributed by atoms with Gasteiger partial charge in [-0.3, -0.25) is 0 Å². The Hall–Kier alpha value is -6.58. The number of fused-ring (bicyclic) bond motifs is 9. The molecule has 0 saturated heterocycles. The zero-order valence-electron chi connectivity index (χ0n) is 28.7. The zero-order valence-corrected chi connectivity index (χ0v) is 28.7. The van der Waals surface area contributed by atoms with E-state index in [0.29, 0.717) is 0 Å². The smallest absolute Gasteiger partial charge is 0.135 e. The molecule has 246 valence electrons. The Bertz CT molecular complexity index is 2920. The predicted molar refractivity (Wildman–Crippen MR) is 217 cm³/mol. The topological polar surface area (TPSA) is 21.3 Å². The lowest BCUT2D eigenvalue weighted by molar-refractivity contribution is 0.669. The zero-order chi connectivity index (χ0) is 34.3. The number of benzene rings is 7. The molecule has 1 aliphatic carbocycles. The van der Waals surface area contributed by atoms with Gasteiger partial charge >= 0.3 is 0 Å². The minimum absolute atomic E-state index is 0.244. The van der Waals surface area contributed by atoms with E-state index in [0.717, 1.165) is 27.6 Å². The summed E-state index contributed by atoms with van der Waals surface area (Å²) in [5.41, 5.74) is 15.4. The summed E-state index contributed by atoms with van der Waals surface area (Å²) >= 11 is 0. The van der Waals surface area contributed by atoms with Crippen LogP contribution in [0.2, 0.25) is 0 Å². The standard InChI is InChI=1S/C49H34N2O/c1-31-15-24-45-41(27-31)39-23-18-35(34-19-25-46-42(28-34)38-11-5-7-13-44(38)50(46)36-9-3-2-4-10-36)30-47(39)51(45)37-21-16-32(17-22-37)33-20-26-49-43(29-33)40-12-6-8-14-48(40)52-49/h2-30,42,46H,1H3. The number of para-hydroxylation sites is 3. The van der Waals surface area contributed by atoms with Gasteiger partial charge in [0, 0.05) is 44.5 Å². The molecule has 1 aliphatic heterocycles. The van der Waals surface area contributed by atoms with Crippen LogP contribution in [0.25, 0.3) is 66.1 Å². The van der Waals surface area contributed by atoms with Crippen molar-refractivity contribution in [3.8, 4) is 16.8 Å². The number of furan rings is 1. The molecule has 2 unspecified atom stereocenters. The highest BCUT2D eigenvalue weighted by atomic mass is 16.3. The van der Waals surface area contributed by atoms with Crippen molar-refractivity contribution >= 4 is 60.7 Å². The molecule has 2 atom stereocenters. The Morgan fingerprint density at radius 3 is 2.19 bits per heavy atom. The lowest BCUT2D eigenvalue weighted by Crippen LogP contribution is -2.28. The number of aryl methyl sites for hydroxylation is 1. The molecular weight excluding hydrogens is 633 g/mol. The highest BCUT2D eigenvalue weighted by molar-refractivity contribution is 6.10. The van der Waals surface area contributed by atoms with E-state index in [1.807, 2.05) is 12.1 Å². The van der Waals surface area contributed by atoms with E-state index in [4.69, 9.17) is 4.42 Å². The van der Waals surface area contributed by atoms with Crippen LogP contribution in [0.4, 0.5) is 11.4 Å². The first-order valence-corrected chi connectivity index (χ1v) is 18.1. The molecule has 52 heavy (non-hydrogen) atoms.